The van der Waals surface area contributed by atoms with Crippen molar-refractivity contribution >= 4 is 37.4 Å². The Bertz CT molecular complexity index is 625. The van der Waals surface area contributed by atoms with Gasteiger partial charge in [0.25, 0.3) is 0 Å². The highest BCUT2D eigenvalue weighted by Gasteiger charge is 2.34. The van der Waals surface area contributed by atoms with Crippen LogP contribution in [0, 0.1) is 0 Å². The molecular formula is C13H17BrN2O3S. The number of hydrogen-bond donors (Lipinski definition) is 1. The Morgan fingerprint density at radius 3 is 2.50 bits per heavy atom. The Balaban J connectivity index is 2.31. The van der Waals surface area contributed by atoms with Crippen molar-refractivity contribution in [1.82, 2.24) is 4.90 Å². The van der Waals surface area contributed by atoms with Crippen LogP contribution in [0.5, 0.6) is 0 Å². The molecule has 20 heavy (non-hydrogen) atoms. The summed E-state index contributed by atoms with van der Waals surface area (Å²) in [5.41, 5.74) is 6.07. The van der Waals surface area contributed by atoms with E-state index in [4.69, 9.17) is 5.73 Å². The van der Waals surface area contributed by atoms with Gasteiger partial charge in [0.1, 0.15) is 5.25 Å². The summed E-state index contributed by atoms with van der Waals surface area (Å²) in [6, 6.07) is 4.48. The van der Waals surface area contributed by atoms with E-state index in [1.165, 1.54) is 25.1 Å². The molecule has 0 radical (unpaired) electrons. The van der Waals surface area contributed by atoms with Gasteiger partial charge in [0.05, 0.1) is 4.90 Å². The molecule has 1 aliphatic heterocycles. The number of sulfone groups is 1. The van der Waals surface area contributed by atoms with Gasteiger partial charge in [-0.2, -0.15) is 0 Å². The number of nitrogens with two attached hydrogens (primary N) is 1. The molecule has 0 aliphatic carbocycles. The Kier molecular flexibility index (Phi) is 4.39. The molecule has 110 valence electrons. The molecule has 0 saturated carbocycles. The molecule has 2 N–H and O–H groups in total. The summed E-state index contributed by atoms with van der Waals surface area (Å²) < 4.78 is 25.5. The summed E-state index contributed by atoms with van der Waals surface area (Å²) in [7, 11) is -3.72. The van der Waals surface area contributed by atoms with Crippen molar-refractivity contribution in [3.63, 3.8) is 0 Å². The first-order valence-corrected chi connectivity index (χ1v) is 8.75. The topological polar surface area (TPSA) is 80.5 Å². The van der Waals surface area contributed by atoms with E-state index >= 15 is 0 Å². The molecular weight excluding hydrogens is 344 g/mol. The second-order valence-corrected chi connectivity index (χ2v) is 8.00. The zero-order chi connectivity index (χ0) is 14.9. The minimum Gasteiger partial charge on any atom is -0.399 e. The van der Waals surface area contributed by atoms with Crippen LogP contribution in [0.25, 0.3) is 0 Å². The van der Waals surface area contributed by atoms with E-state index in [9.17, 15) is 13.2 Å². The number of nitrogens with zero attached hydrogens (tertiary/aromatic N) is 1. The van der Waals surface area contributed by atoms with Crippen molar-refractivity contribution in [1.29, 1.82) is 0 Å². The zero-order valence-corrected chi connectivity index (χ0v) is 13.6. The van der Waals surface area contributed by atoms with Gasteiger partial charge in [-0.25, -0.2) is 8.42 Å². The molecule has 2 rings (SSSR count). The maximum atomic E-state index is 12.5. The molecule has 0 bridgehead atoms. The number of benzene rings is 1. The third-order valence-corrected chi connectivity index (χ3v) is 6.51. The largest absolute Gasteiger partial charge is 0.399 e. The highest BCUT2D eigenvalue weighted by Crippen LogP contribution is 2.28. The van der Waals surface area contributed by atoms with Crippen molar-refractivity contribution in [2.75, 3.05) is 18.8 Å². The maximum Gasteiger partial charge on any atom is 0.241 e. The van der Waals surface area contributed by atoms with Crippen molar-refractivity contribution in [2.45, 2.75) is 29.9 Å². The maximum absolute atomic E-state index is 12.5. The summed E-state index contributed by atoms with van der Waals surface area (Å²) in [6.07, 6.45) is 1.87. The minimum atomic E-state index is -3.72. The number of carbonyl (C=O) groups is 1. The van der Waals surface area contributed by atoms with Gasteiger partial charge in [-0.05, 0) is 53.9 Å². The predicted octanol–water partition coefficient (Wildman–Crippen LogP) is 1.82. The Labute approximate surface area is 127 Å². The first-order valence-electron chi connectivity index (χ1n) is 6.42. The van der Waals surface area contributed by atoms with Crippen molar-refractivity contribution < 1.29 is 13.2 Å². The smallest absolute Gasteiger partial charge is 0.241 e. The first-order chi connectivity index (χ1) is 9.34. The normalized spacial score (nSPS) is 17.2. The van der Waals surface area contributed by atoms with Gasteiger partial charge >= 0.3 is 0 Å². The second-order valence-electron chi connectivity index (χ2n) is 4.91. The third kappa shape index (κ3) is 2.83. The van der Waals surface area contributed by atoms with E-state index in [1.54, 1.807) is 4.90 Å². The quantitative estimate of drug-likeness (QED) is 0.833. The van der Waals surface area contributed by atoms with Gasteiger partial charge in [-0.3, -0.25) is 4.79 Å². The highest BCUT2D eigenvalue weighted by atomic mass is 79.9. The second kappa shape index (κ2) is 5.73. The minimum absolute atomic E-state index is 0.103. The van der Waals surface area contributed by atoms with Gasteiger partial charge < -0.3 is 10.6 Å². The standard InChI is InChI=1S/C13H17BrN2O3S/c1-9(13(17)16-6-2-3-7-16)20(18,19)12-5-4-10(15)8-11(12)14/h4-5,8-9H,2-3,6-7,15H2,1H3. The predicted molar refractivity (Wildman–Crippen MR) is 81.0 cm³/mol. The number of halogens is 1. The van der Waals surface area contributed by atoms with Crippen LogP contribution in [0.15, 0.2) is 27.6 Å². The van der Waals surface area contributed by atoms with Crippen LogP contribution in [0.4, 0.5) is 5.69 Å². The van der Waals surface area contributed by atoms with Crippen LogP contribution in [0.1, 0.15) is 19.8 Å². The lowest BCUT2D eigenvalue weighted by Crippen LogP contribution is -2.40. The number of amides is 1. The molecule has 1 amide bonds. The summed E-state index contributed by atoms with van der Waals surface area (Å²) in [6.45, 7) is 2.72. The lowest BCUT2D eigenvalue weighted by Gasteiger charge is -2.21. The molecule has 1 aliphatic rings. The Morgan fingerprint density at radius 2 is 1.95 bits per heavy atom. The summed E-state index contributed by atoms with van der Waals surface area (Å²) in [5, 5.41) is -1.08. The van der Waals surface area contributed by atoms with Crippen LogP contribution < -0.4 is 5.73 Å². The van der Waals surface area contributed by atoms with Gasteiger partial charge in [0, 0.05) is 23.2 Å². The number of hydrogen-bond acceptors (Lipinski definition) is 4. The fraction of sp³-hybridized carbons (Fsp3) is 0.462. The number of likely N-dealkylation sites (tertiary alicyclic amines) is 1. The fourth-order valence-corrected chi connectivity index (χ4v) is 4.72. The van der Waals surface area contributed by atoms with E-state index in [2.05, 4.69) is 15.9 Å². The summed E-state index contributed by atoms with van der Waals surface area (Å²) >= 11 is 3.20. The van der Waals surface area contributed by atoms with Crippen LogP contribution in [0.2, 0.25) is 0 Å². The molecule has 0 aromatic heterocycles. The average Bonchev–Trinajstić information content (AvgIpc) is 2.90. The van der Waals surface area contributed by atoms with E-state index in [1.807, 2.05) is 0 Å². The molecule has 1 unspecified atom stereocenters. The number of carbonyl (C=O) groups excluding carboxylic acids is 1. The van der Waals surface area contributed by atoms with Crippen molar-refractivity contribution in [3.8, 4) is 0 Å². The third-order valence-electron chi connectivity index (χ3n) is 3.49. The molecule has 0 spiro atoms. The molecule has 7 heteroatoms. The van der Waals surface area contributed by atoms with Gasteiger partial charge in [-0.15, -0.1) is 0 Å². The van der Waals surface area contributed by atoms with Gasteiger partial charge in [0.15, 0.2) is 9.84 Å². The fourth-order valence-electron chi connectivity index (χ4n) is 2.27. The van der Waals surface area contributed by atoms with Crippen LogP contribution in [-0.4, -0.2) is 37.6 Å². The number of nitrogen functional groups attached to an aromatic ring is 1. The molecule has 5 nitrogen and oxygen atoms in total. The van der Waals surface area contributed by atoms with E-state index in [-0.39, 0.29) is 10.8 Å². The molecule has 1 aromatic carbocycles. The van der Waals surface area contributed by atoms with Crippen LogP contribution in [-0.2, 0) is 14.6 Å². The van der Waals surface area contributed by atoms with Crippen molar-refractivity contribution in [3.05, 3.63) is 22.7 Å². The number of anilines is 1. The zero-order valence-electron chi connectivity index (χ0n) is 11.2. The van der Waals surface area contributed by atoms with E-state index in [0.29, 0.717) is 23.2 Å². The average molecular weight is 361 g/mol. The van der Waals surface area contributed by atoms with Gasteiger partial charge in [0.2, 0.25) is 5.91 Å². The Morgan fingerprint density at radius 1 is 1.35 bits per heavy atom. The molecule has 1 aromatic rings. The van der Waals surface area contributed by atoms with Crippen LogP contribution in [0.3, 0.4) is 0 Å². The van der Waals surface area contributed by atoms with Crippen LogP contribution >= 0.6 is 15.9 Å². The monoisotopic (exact) mass is 360 g/mol. The van der Waals surface area contributed by atoms with Gasteiger partial charge in [-0.1, -0.05) is 0 Å². The number of rotatable bonds is 3. The summed E-state index contributed by atoms with van der Waals surface area (Å²) in [4.78, 5) is 14.0. The lowest BCUT2D eigenvalue weighted by molar-refractivity contribution is -0.129. The molecule has 1 saturated heterocycles. The first kappa shape index (κ1) is 15.3. The van der Waals surface area contributed by atoms with E-state index < -0.39 is 15.1 Å². The summed E-state index contributed by atoms with van der Waals surface area (Å²) in [5.74, 6) is -0.328. The molecule has 1 heterocycles. The molecule has 1 atom stereocenters. The van der Waals surface area contributed by atoms with E-state index in [0.717, 1.165) is 12.8 Å². The van der Waals surface area contributed by atoms with Crippen molar-refractivity contribution in [2.24, 2.45) is 0 Å². The highest BCUT2D eigenvalue weighted by molar-refractivity contribution is 9.10. The molecule has 1 fully saturated rings. The lowest BCUT2D eigenvalue weighted by atomic mass is 10.3. The Hall–Kier alpha value is -1.08. The SMILES string of the molecule is CC(C(=O)N1CCCC1)S(=O)(=O)c1ccc(N)cc1Br.